The van der Waals surface area contributed by atoms with Crippen molar-refractivity contribution in [3.05, 3.63) is 71.8 Å². The number of hydrogen-bond acceptors (Lipinski definition) is 18. The first-order valence-corrected chi connectivity index (χ1v) is 33.9. The second-order valence-electron chi connectivity index (χ2n) is 24.8. The van der Waals surface area contributed by atoms with Gasteiger partial charge in [-0.15, -0.1) is 0 Å². The molecule has 0 aliphatic carbocycles. The molecule has 4 bridgehead atoms. The van der Waals surface area contributed by atoms with Crippen LogP contribution in [-0.4, -0.2) is 204 Å². The van der Waals surface area contributed by atoms with Crippen LogP contribution in [0.5, 0.6) is 0 Å². The molecule has 3 heterocycles. The first-order valence-electron chi connectivity index (χ1n) is 32.7. The first-order chi connectivity index (χ1) is 47.1. The standard InChI is InChI=1S/C60H92N12O12S2.2C2HF3O2/c1-35(2)27-43-53(75)63-33-49-41(67-55(77)39(19-11-13-23-61)65-51(73)21-25-85)31-48(83-49)60(82)72-46(30-38-17-9-6-10-18-38)58(80)70-44(28-36(3)4)54(76)64-34-50-42(68-56(78)40(20-12-14-24-62)66-52(74)22-26-86)32-47(84-50)59(81)71-45(57(79)69-43)29-37-15-7-5-8-16-37;2*3-2(4,5)1(6)7/h5-10,15-18,35-36,39-50,85-86H,11-14,19-34,61-62H2,1-4H3,(H,63,75)(H,64,76)(H,65,73)(H,66,74)(H,67,77)(H,68,78)(H,69,79)(H,70,80)(H,71,81)(H,72,82);2*(H,6,7)/t39-,40-,41-,42-,43-,44-,45-,46-,47+,48+,49+,50+;;/m0../s1. The number of carbonyl (C=O) groups is 12. The van der Waals surface area contributed by atoms with E-state index < -0.39 is 156 Å². The Balaban J connectivity index is 0.00000167. The first kappa shape index (κ1) is 86.4. The minimum absolute atomic E-state index is 0.0184. The summed E-state index contributed by atoms with van der Waals surface area (Å²) in [6.07, 6.45) is -12.1. The number of alkyl halides is 6. The third-order valence-corrected chi connectivity index (χ3v) is 16.0. The molecule has 3 aliphatic rings. The number of carboxylic acids is 2. The molecule has 0 saturated carbocycles. The molecule has 0 unspecified atom stereocenters. The smallest absolute Gasteiger partial charge is 0.475 e. The number of rotatable bonds is 26. The van der Waals surface area contributed by atoms with Gasteiger partial charge in [-0.05, 0) is 98.9 Å². The summed E-state index contributed by atoms with van der Waals surface area (Å²) < 4.78 is 76.3. The molecule has 12 atom stereocenters. The minimum atomic E-state index is -5.08. The SMILES string of the molecule is CC(C)C[C@@H]1NC(=O)[C@H](Cc2ccccc2)NC(=O)[C@H]2C[C@H](NC(=O)[C@H](CCCCN)NC(=O)CCS)[C@@H](CNC(=O)[C@H](CC(C)C)NC(=O)[C@H](Cc3ccccc3)NC(=O)[C@H]3C[C@H](NC(=O)[C@H](CCCCN)NC(=O)CCS)[C@@H](CNC1=O)O3)O2.O=C(O)C(F)(F)F.O=C(O)C(F)(F)F. The zero-order valence-electron chi connectivity index (χ0n) is 55.9. The lowest BCUT2D eigenvalue weighted by Gasteiger charge is -2.27. The Hall–Kier alpha value is -7.80. The molecule has 100 heavy (non-hydrogen) atoms. The molecule has 36 heteroatoms. The Labute approximate surface area is 586 Å². The van der Waals surface area contributed by atoms with Crippen LogP contribution in [0.4, 0.5) is 26.3 Å². The number of nitrogens with one attached hydrogen (secondary N) is 10. The van der Waals surface area contributed by atoms with Gasteiger partial charge in [0.25, 0.3) is 0 Å². The van der Waals surface area contributed by atoms with E-state index in [0.717, 1.165) is 0 Å². The lowest BCUT2D eigenvalue weighted by atomic mass is 10.00. The summed E-state index contributed by atoms with van der Waals surface area (Å²) in [5.41, 5.74) is 12.9. The highest BCUT2D eigenvalue weighted by Crippen LogP contribution is 2.25. The van der Waals surface area contributed by atoms with Gasteiger partial charge in [0.1, 0.15) is 48.5 Å². The zero-order chi connectivity index (χ0) is 74.9. The van der Waals surface area contributed by atoms with Gasteiger partial charge in [-0.2, -0.15) is 51.6 Å². The van der Waals surface area contributed by atoms with E-state index in [9.17, 15) is 74.3 Å². The summed E-state index contributed by atoms with van der Waals surface area (Å²) in [6, 6.07) is 9.03. The molecule has 2 aromatic carbocycles. The normalized spacial score (nSPS) is 23.1. The quantitative estimate of drug-likeness (QED) is 0.0357. The van der Waals surface area contributed by atoms with Crippen LogP contribution in [0, 0.1) is 11.8 Å². The van der Waals surface area contributed by atoms with E-state index in [4.69, 9.17) is 40.7 Å². The highest BCUT2D eigenvalue weighted by Gasteiger charge is 2.45. The maximum atomic E-state index is 14.7. The van der Waals surface area contributed by atoms with Crippen LogP contribution in [0.25, 0.3) is 0 Å². The number of aliphatic carboxylic acids is 2. The molecule has 16 N–H and O–H groups in total. The lowest BCUT2D eigenvalue weighted by molar-refractivity contribution is -0.193. The number of unbranched alkanes of at least 4 members (excludes halogenated alkanes) is 2. The van der Waals surface area contributed by atoms with Crippen molar-refractivity contribution in [1.82, 2.24) is 53.2 Å². The van der Waals surface area contributed by atoms with Crippen LogP contribution in [-0.2, 0) is 79.8 Å². The zero-order valence-corrected chi connectivity index (χ0v) is 57.7. The number of amides is 10. The van der Waals surface area contributed by atoms with E-state index in [1.54, 1.807) is 60.7 Å². The van der Waals surface area contributed by atoms with Crippen LogP contribution in [0.3, 0.4) is 0 Å². The van der Waals surface area contributed by atoms with Crippen molar-refractivity contribution in [2.75, 3.05) is 37.7 Å². The molecule has 0 aromatic heterocycles. The van der Waals surface area contributed by atoms with Crippen molar-refractivity contribution in [3.63, 3.8) is 0 Å². The summed E-state index contributed by atoms with van der Waals surface area (Å²) in [5, 5.41) is 42.9. The number of halogens is 6. The van der Waals surface area contributed by atoms with Gasteiger partial charge in [-0.3, -0.25) is 47.9 Å². The van der Waals surface area contributed by atoms with E-state index in [-0.39, 0.29) is 101 Å². The van der Waals surface area contributed by atoms with Gasteiger partial charge in [0.05, 0.1) is 24.3 Å². The fourth-order valence-electron chi connectivity index (χ4n) is 10.6. The number of carbonyl (C=O) groups excluding carboxylic acids is 10. The average Bonchev–Trinajstić information content (AvgIpc) is 1.67. The number of hydrogen-bond donors (Lipinski definition) is 16. The van der Waals surface area contributed by atoms with Gasteiger partial charge >= 0.3 is 24.3 Å². The Morgan fingerprint density at radius 3 is 1.13 bits per heavy atom. The van der Waals surface area contributed by atoms with Gasteiger partial charge in [-0.25, -0.2) is 9.59 Å². The third kappa shape index (κ3) is 31.8. The van der Waals surface area contributed by atoms with Crippen molar-refractivity contribution in [2.24, 2.45) is 23.3 Å². The largest absolute Gasteiger partial charge is 0.490 e. The molecule has 0 spiro atoms. The van der Waals surface area contributed by atoms with Crippen LogP contribution >= 0.6 is 25.3 Å². The second kappa shape index (κ2) is 43.8. The monoisotopic (exact) mass is 1460 g/mol. The van der Waals surface area contributed by atoms with E-state index in [1.165, 1.54) is 0 Å². The Morgan fingerprint density at radius 2 is 0.840 bits per heavy atom. The third-order valence-electron chi connectivity index (χ3n) is 15.6. The number of nitrogens with two attached hydrogens (primary N) is 2. The van der Waals surface area contributed by atoms with E-state index >= 15 is 0 Å². The van der Waals surface area contributed by atoms with E-state index in [1.807, 2.05) is 27.7 Å². The summed E-state index contributed by atoms with van der Waals surface area (Å²) in [6.45, 7) is 7.62. The van der Waals surface area contributed by atoms with Crippen LogP contribution in [0.15, 0.2) is 60.7 Å². The number of ether oxygens (including phenoxy) is 2. The summed E-state index contributed by atoms with van der Waals surface area (Å²) in [4.78, 5) is 159. The number of benzene rings is 2. The van der Waals surface area contributed by atoms with Gasteiger partial charge in [0.15, 0.2) is 0 Å². The molecule has 3 saturated heterocycles. The van der Waals surface area contributed by atoms with Gasteiger partial charge in [-0.1, -0.05) is 88.4 Å². The number of thiol groups is 2. The van der Waals surface area contributed by atoms with Crippen molar-refractivity contribution in [3.8, 4) is 0 Å². The fourth-order valence-corrected chi connectivity index (χ4v) is 11.0. The van der Waals surface area contributed by atoms with Crippen molar-refractivity contribution in [1.29, 1.82) is 0 Å². The van der Waals surface area contributed by atoms with Crippen LogP contribution in [0.1, 0.15) is 116 Å². The average molecular weight is 1470 g/mol. The molecule has 10 amide bonds. The van der Waals surface area contributed by atoms with Crippen molar-refractivity contribution in [2.45, 2.75) is 203 Å². The maximum Gasteiger partial charge on any atom is 0.490 e. The molecule has 2 aromatic rings. The van der Waals surface area contributed by atoms with Gasteiger partial charge in [0, 0.05) is 51.6 Å². The molecule has 0 radical (unpaired) electrons. The van der Waals surface area contributed by atoms with E-state index in [0.29, 0.717) is 49.9 Å². The van der Waals surface area contributed by atoms with Crippen molar-refractivity contribution < 1.29 is 104 Å². The predicted molar refractivity (Wildman–Crippen MR) is 357 cm³/mol. The minimum Gasteiger partial charge on any atom is -0.475 e. The Kier molecular flexibility index (Phi) is 37.8. The summed E-state index contributed by atoms with van der Waals surface area (Å²) >= 11 is 8.34. The number of fused-ring (bicyclic) bond motifs is 4. The maximum absolute atomic E-state index is 14.7. The summed E-state index contributed by atoms with van der Waals surface area (Å²) in [5.74, 6) is -11.4. The second-order valence-corrected chi connectivity index (χ2v) is 25.7. The Bertz CT molecular complexity index is 2810. The van der Waals surface area contributed by atoms with Gasteiger partial charge in [0.2, 0.25) is 59.1 Å². The predicted octanol–water partition coefficient (Wildman–Crippen LogP) is 1.17. The lowest BCUT2D eigenvalue weighted by Crippen LogP contribution is -2.57. The molecule has 28 nitrogen and oxygen atoms in total. The van der Waals surface area contributed by atoms with Crippen molar-refractivity contribution >= 4 is 96.3 Å². The highest BCUT2D eigenvalue weighted by molar-refractivity contribution is 7.80. The molecular formula is C64H94F6N12O16S2. The van der Waals surface area contributed by atoms with Crippen LogP contribution < -0.4 is 64.6 Å². The molecule has 5 rings (SSSR count). The fraction of sp³-hybridized carbons (Fsp3) is 0.625. The summed E-state index contributed by atoms with van der Waals surface area (Å²) in [7, 11) is 0. The van der Waals surface area contributed by atoms with Crippen LogP contribution in [0.2, 0.25) is 0 Å². The number of carboxylic acid groups (broad SMARTS) is 2. The molecular weight excluding hydrogens is 1370 g/mol. The molecule has 3 fully saturated rings. The van der Waals surface area contributed by atoms with E-state index in [2.05, 4.69) is 78.4 Å². The molecule has 3 aliphatic heterocycles. The highest BCUT2D eigenvalue weighted by atomic mass is 32.1. The molecule has 560 valence electrons. The van der Waals surface area contributed by atoms with Gasteiger partial charge < -0.3 is 84.3 Å². The topological polar surface area (TPSA) is 436 Å². The Morgan fingerprint density at radius 1 is 0.520 bits per heavy atom.